The molecule has 1 aliphatic heterocycles. The fraction of sp³-hybridized carbons (Fsp3) is 0.500. The molecule has 0 saturated carbocycles. The molecule has 0 aliphatic carbocycles. The van der Waals surface area contributed by atoms with Crippen molar-refractivity contribution in [2.24, 2.45) is 5.41 Å². The minimum Gasteiger partial charge on any atom is -0.478 e. The van der Waals surface area contributed by atoms with Gasteiger partial charge in [-0.3, -0.25) is 0 Å². The van der Waals surface area contributed by atoms with Crippen molar-refractivity contribution in [2.45, 2.75) is 26.7 Å². The summed E-state index contributed by atoms with van der Waals surface area (Å²) in [7, 11) is 0. The summed E-state index contributed by atoms with van der Waals surface area (Å²) in [5.41, 5.74) is 0.840. The monoisotopic (exact) mass is 251 g/mol. The molecular formula is C14H18FNO2. The average molecular weight is 251 g/mol. The SMILES string of the molecule is CC1(C)CCCN(c2ccc(F)cc2C(=O)O)C1. The molecule has 0 radical (unpaired) electrons. The number of anilines is 1. The molecule has 1 aromatic rings. The Labute approximate surface area is 106 Å². The van der Waals surface area contributed by atoms with Crippen LogP contribution >= 0.6 is 0 Å². The molecule has 3 nitrogen and oxygen atoms in total. The second kappa shape index (κ2) is 4.59. The van der Waals surface area contributed by atoms with E-state index in [9.17, 15) is 9.18 Å². The third-order valence-corrected chi connectivity index (χ3v) is 3.43. The Bertz CT molecular complexity index is 471. The zero-order valence-corrected chi connectivity index (χ0v) is 10.7. The van der Waals surface area contributed by atoms with Gasteiger partial charge < -0.3 is 10.0 Å². The average Bonchev–Trinajstić information content (AvgIpc) is 2.27. The number of benzene rings is 1. The number of carboxylic acids is 1. The summed E-state index contributed by atoms with van der Waals surface area (Å²) in [6.45, 7) is 5.97. The summed E-state index contributed by atoms with van der Waals surface area (Å²) < 4.78 is 13.1. The molecule has 0 unspecified atom stereocenters. The second-order valence-corrected chi connectivity index (χ2v) is 5.66. The first-order valence-corrected chi connectivity index (χ1v) is 6.17. The fourth-order valence-electron chi connectivity index (χ4n) is 2.58. The van der Waals surface area contributed by atoms with Gasteiger partial charge in [0.1, 0.15) is 5.82 Å². The molecule has 1 saturated heterocycles. The fourth-order valence-corrected chi connectivity index (χ4v) is 2.58. The van der Waals surface area contributed by atoms with Crippen LogP contribution in [0.5, 0.6) is 0 Å². The molecule has 1 aliphatic rings. The standard InChI is InChI=1S/C14H18FNO2/c1-14(2)6-3-7-16(9-14)12-5-4-10(15)8-11(12)13(17)18/h4-5,8H,3,6-7,9H2,1-2H3,(H,17,18). The van der Waals surface area contributed by atoms with Gasteiger partial charge in [0.2, 0.25) is 0 Å². The molecule has 4 heteroatoms. The molecule has 1 fully saturated rings. The summed E-state index contributed by atoms with van der Waals surface area (Å²) in [4.78, 5) is 13.2. The predicted octanol–water partition coefficient (Wildman–Crippen LogP) is 3.15. The Hall–Kier alpha value is -1.58. The van der Waals surface area contributed by atoms with E-state index in [0.29, 0.717) is 5.69 Å². The van der Waals surface area contributed by atoms with Crippen LogP contribution in [0.2, 0.25) is 0 Å². The van der Waals surface area contributed by atoms with Crippen molar-refractivity contribution in [3.8, 4) is 0 Å². The van der Waals surface area contributed by atoms with Crippen molar-refractivity contribution < 1.29 is 14.3 Å². The highest BCUT2D eigenvalue weighted by molar-refractivity contribution is 5.94. The minimum atomic E-state index is -1.08. The number of carbonyl (C=O) groups is 1. The smallest absolute Gasteiger partial charge is 0.337 e. The van der Waals surface area contributed by atoms with Crippen molar-refractivity contribution >= 4 is 11.7 Å². The largest absolute Gasteiger partial charge is 0.478 e. The molecule has 0 bridgehead atoms. The van der Waals surface area contributed by atoms with Crippen LogP contribution in [-0.2, 0) is 0 Å². The van der Waals surface area contributed by atoms with Gasteiger partial charge in [-0.1, -0.05) is 13.8 Å². The Kier molecular flexibility index (Phi) is 3.28. The second-order valence-electron chi connectivity index (χ2n) is 5.66. The van der Waals surface area contributed by atoms with Gasteiger partial charge in [-0.2, -0.15) is 0 Å². The highest BCUT2D eigenvalue weighted by Crippen LogP contribution is 2.33. The lowest BCUT2D eigenvalue weighted by atomic mass is 9.84. The van der Waals surface area contributed by atoms with Crippen molar-refractivity contribution in [3.05, 3.63) is 29.6 Å². The van der Waals surface area contributed by atoms with E-state index < -0.39 is 11.8 Å². The first kappa shape index (κ1) is 12.9. The Morgan fingerprint density at radius 2 is 2.17 bits per heavy atom. The number of carboxylic acid groups (broad SMARTS) is 1. The van der Waals surface area contributed by atoms with Gasteiger partial charge in [0, 0.05) is 13.1 Å². The lowest BCUT2D eigenvalue weighted by Crippen LogP contribution is -2.40. The molecule has 1 aromatic carbocycles. The Morgan fingerprint density at radius 1 is 1.44 bits per heavy atom. The lowest BCUT2D eigenvalue weighted by molar-refractivity contribution is 0.0696. The summed E-state index contributed by atoms with van der Waals surface area (Å²) in [5, 5.41) is 9.16. The number of halogens is 1. The predicted molar refractivity (Wildman–Crippen MR) is 68.6 cm³/mol. The van der Waals surface area contributed by atoms with Crippen LogP contribution in [0.4, 0.5) is 10.1 Å². The number of aromatic carboxylic acids is 1. The van der Waals surface area contributed by atoms with E-state index in [1.165, 1.54) is 6.07 Å². The molecule has 18 heavy (non-hydrogen) atoms. The van der Waals surface area contributed by atoms with Gasteiger partial charge in [-0.25, -0.2) is 9.18 Å². The van der Waals surface area contributed by atoms with Crippen molar-refractivity contribution in [2.75, 3.05) is 18.0 Å². The van der Waals surface area contributed by atoms with Gasteiger partial charge in [-0.05, 0) is 36.5 Å². The normalized spacial score (nSPS) is 18.7. The highest BCUT2D eigenvalue weighted by atomic mass is 19.1. The summed E-state index contributed by atoms with van der Waals surface area (Å²) >= 11 is 0. The van der Waals surface area contributed by atoms with Crippen LogP contribution in [0, 0.1) is 11.2 Å². The summed E-state index contributed by atoms with van der Waals surface area (Å²) in [6.07, 6.45) is 2.16. The highest BCUT2D eigenvalue weighted by Gasteiger charge is 2.28. The van der Waals surface area contributed by atoms with E-state index in [2.05, 4.69) is 13.8 Å². The number of piperidine rings is 1. The summed E-state index contributed by atoms with van der Waals surface area (Å²) in [6, 6.07) is 3.99. The number of rotatable bonds is 2. The van der Waals surface area contributed by atoms with Crippen molar-refractivity contribution in [3.63, 3.8) is 0 Å². The Balaban J connectivity index is 2.35. The van der Waals surface area contributed by atoms with Gasteiger partial charge in [0.25, 0.3) is 0 Å². The maximum absolute atomic E-state index is 13.1. The molecule has 1 heterocycles. The van der Waals surface area contributed by atoms with Crippen molar-refractivity contribution in [1.82, 2.24) is 0 Å². The molecule has 98 valence electrons. The lowest BCUT2D eigenvalue weighted by Gasteiger charge is -2.39. The van der Waals surface area contributed by atoms with Gasteiger partial charge in [-0.15, -0.1) is 0 Å². The molecule has 0 atom stereocenters. The molecule has 1 N–H and O–H groups in total. The maximum atomic E-state index is 13.1. The van der Waals surface area contributed by atoms with Crippen LogP contribution in [0.3, 0.4) is 0 Å². The molecule has 2 rings (SSSR count). The van der Waals surface area contributed by atoms with Gasteiger partial charge >= 0.3 is 5.97 Å². The third-order valence-electron chi connectivity index (χ3n) is 3.43. The van der Waals surface area contributed by atoms with E-state index in [0.717, 1.165) is 32.0 Å². The number of nitrogens with zero attached hydrogens (tertiary/aromatic N) is 1. The van der Waals surface area contributed by atoms with E-state index >= 15 is 0 Å². The van der Waals surface area contributed by atoms with Crippen LogP contribution in [0.1, 0.15) is 37.0 Å². The van der Waals surface area contributed by atoms with Crippen LogP contribution in [-0.4, -0.2) is 24.2 Å². The van der Waals surface area contributed by atoms with Gasteiger partial charge in [0.15, 0.2) is 0 Å². The zero-order valence-electron chi connectivity index (χ0n) is 10.7. The van der Waals surface area contributed by atoms with Crippen LogP contribution in [0.25, 0.3) is 0 Å². The third kappa shape index (κ3) is 2.63. The maximum Gasteiger partial charge on any atom is 0.337 e. The Morgan fingerprint density at radius 3 is 2.78 bits per heavy atom. The molecular weight excluding hydrogens is 233 g/mol. The van der Waals surface area contributed by atoms with Crippen molar-refractivity contribution in [1.29, 1.82) is 0 Å². The van der Waals surface area contributed by atoms with E-state index in [-0.39, 0.29) is 11.0 Å². The number of hydrogen-bond acceptors (Lipinski definition) is 2. The topological polar surface area (TPSA) is 40.5 Å². The first-order chi connectivity index (χ1) is 8.39. The quantitative estimate of drug-likeness (QED) is 0.877. The first-order valence-electron chi connectivity index (χ1n) is 6.17. The van der Waals surface area contributed by atoms with E-state index in [4.69, 9.17) is 5.11 Å². The van der Waals surface area contributed by atoms with E-state index in [1.807, 2.05) is 4.90 Å². The van der Waals surface area contributed by atoms with Crippen LogP contribution < -0.4 is 4.90 Å². The molecule has 0 aromatic heterocycles. The molecule has 0 amide bonds. The summed E-state index contributed by atoms with van der Waals surface area (Å²) in [5.74, 6) is -1.58. The van der Waals surface area contributed by atoms with Crippen LogP contribution in [0.15, 0.2) is 18.2 Å². The number of hydrogen-bond donors (Lipinski definition) is 1. The minimum absolute atomic E-state index is 0.0488. The van der Waals surface area contributed by atoms with E-state index in [1.54, 1.807) is 6.07 Å². The molecule has 0 spiro atoms. The zero-order chi connectivity index (χ0) is 13.3. The van der Waals surface area contributed by atoms with Gasteiger partial charge in [0.05, 0.1) is 11.3 Å².